The number of nitrogens with zero attached hydrogens (tertiary/aromatic N) is 2. The number of amides is 4. The Balaban J connectivity index is 1.30. The number of rotatable bonds is 4. The molecule has 0 unspecified atom stereocenters. The summed E-state index contributed by atoms with van der Waals surface area (Å²) in [5.41, 5.74) is 3.88. The highest BCUT2D eigenvalue weighted by molar-refractivity contribution is 6.31. The highest BCUT2D eigenvalue weighted by Gasteiger charge is 2.47. The van der Waals surface area contributed by atoms with Gasteiger partial charge >= 0.3 is 6.03 Å². The van der Waals surface area contributed by atoms with Crippen LogP contribution in [0.1, 0.15) is 27.0 Å². The van der Waals surface area contributed by atoms with Crippen LogP contribution in [0, 0.1) is 0 Å². The van der Waals surface area contributed by atoms with Crippen molar-refractivity contribution < 1.29 is 14.4 Å². The zero-order valence-corrected chi connectivity index (χ0v) is 17.9. The average molecular weight is 446 g/mol. The molecule has 0 aliphatic carbocycles. The zero-order valence-electron chi connectivity index (χ0n) is 17.1. The molecule has 1 atom stereocenters. The molecule has 1 N–H and O–H groups in total. The molecule has 3 aromatic carbocycles. The van der Waals surface area contributed by atoms with E-state index in [0.717, 1.165) is 16.7 Å². The molecule has 2 aliphatic rings. The summed E-state index contributed by atoms with van der Waals surface area (Å²) >= 11 is 6.13. The van der Waals surface area contributed by atoms with E-state index in [9.17, 15) is 14.4 Å². The smallest absolute Gasteiger partial charge is 0.332 e. The van der Waals surface area contributed by atoms with E-state index in [-0.39, 0.29) is 17.8 Å². The Morgan fingerprint density at radius 3 is 2.38 bits per heavy atom. The van der Waals surface area contributed by atoms with Crippen LogP contribution >= 0.6 is 11.6 Å². The Hall–Kier alpha value is -3.64. The van der Waals surface area contributed by atoms with Gasteiger partial charge in [0.1, 0.15) is 6.04 Å². The molecule has 0 bridgehead atoms. The molecule has 0 aromatic heterocycles. The number of benzene rings is 3. The van der Waals surface area contributed by atoms with Gasteiger partial charge in [0.2, 0.25) is 0 Å². The fourth-order valence-corrected chi connectivity index (χ4v) is 4.44. The van der Waals surface area contributed by atoms with E-state index < -0.39 is 6.04 Å². The zero-order chi connectivity index (χ0) is 22.2. The SMILES string of the molecule is O=C(NCc1ccccc1Cl)c1ccc(N2C(=O)[C@@H]3Cc4ccccc4CN3C2=O)cc1. The maximum absolute atomic E-state index is 13.0. The average Bonchev–Trinajstić information content (AvgIpc) is 3.06. The third-order valence-corrected chi connectivity index (χ3v) is 6.34. The lowest BCUT2D eigenvalue weighted by molar-refractivity contribution is -0.120. The molecule has 7 heteroatoms. The number of imide groups is 1. The Kier molecular flexibility index (Phi) is 5.15. The van der Waals surface area contributed by atoms with E-state index in [0.29, 0.717) is 35.8 Å². The van der Waals surface area contributed by atoms with Gasteiger partial charge in [-0.05, 0) is 47.0 Å². The fraction of sp³-hybridized carbons (Fsp3) is 0.160. The molecule has 6 nitrogen and oxygen atoms in total. The molecule has 5 rings (SSSR count). The van der Waals surface area contributed by atoms with Crippen molar-refractivity contribution >= 4 is 35.1 Å². The monoisotopic (exact) mass is 445 g/mol. The minimum absolute atomic E-state index is 0.236. The van der Waals surface area contributed by atoms with Gasteiger partial charge in [-0.2, -0.15) is 0 Å². The van der Waals surface area contributed by atoms with Gasteiger partial charge < -0.3 is 10.2 Å². The first-order valence-corrected chi connectivity index (χ1v) is 10.7. The topological polar surface area (TPSA) is 69.7 Å². The predicted octanol–water partition coefficient (Wildman–Crippen LogP) is 4.16. The highest BCUT2D eigenvalue weighted by Crippen LogP contribution is 2.33. The van der Waals surface area contributed by atoms with Crippen molar-refractivity contribution in [1.29, 1.82) is 0 Å². The summed E-state index contributed by atoms with van der Waals surface area (Å²) in [6.07, 6.45) is 0.514. The van der Waals surface area contributed by atoms with Crippen molar-refractivity contribution in [3.8, 4) is 0 Å². The Morgan fingerprint density at radius 1 is 0.938 bits per heavy atom. The van der Waals surface area contributed by atoms with E-state index in [1.807, 2.05) is 42.5 Å². The molecule has 2 aliphatic heterocycles. The van der Waals surface area contributed by atoms with Crippen molar-refractivity contribution in [1.82, 2.24) is 10.2 Å². The first-order chi connectivity index (χ1) is 15.5. The standard InChI is InChI=1S/C25H20ClN3O3/c26-21-8-4-3-6-18(21)14-27-23(30)16-9-11-20(12-10-16)29-24(31)22-13-17-5-1-2-7-19(17)15-28(22)25(29)32/h1-12,22H,13-15H2,(H,27,30)/t22-/m0/s1. The lowest BCUT2D eigenvalue weighted by atomic mass is 9.95. The molecule has 160 valence electrons. The molecule has 2 heterocycles. The Labute approximate surface area is 190 Å². The largest absolute Gasteiger partial charge is 0.348 e. The summed E-state index contributed by atoms with van der Waals surface area (Å²) in [5, 5.41) is 3.42. The molecular weight excluding hydrogens is 426 g/mol. The first-order valence-electron chi connectivity index (χ1n) is 10.4. The van der Waals surface area contributed by atoms with Gasteiger partial charge in [0.05, 0.1) is 5.69 Å². The molecule has 1 saturated heterocycles. The third kappa shape index (κ3) is 3.52. The summed E-state index contributed by atoms with van der Waals surface area (Å²) < 4.78 is 0. The van der Waals surface area contributed by atoms with E-state index in [4.69, 9.17) is 11.6 Å². The van der Waals surface area contributed by atoms with E-state index >= 15 is 0 Å². The van der Waals surface area contributed by atoms with Crippen LogP contribution in [0.4, 0.5) is 10.5 Å². The molecule has 0 saturated carbocycles. The van der Waals surface area contributed by atoms with Crippen molar-refractivity contribution in [3.63, 3.8) is 0 Å². The van der Waals surface area contributed by atoms with Crippen LogP contribution in [0.2, 0.25) is 5.02 Å². The van der Waals surface area contributed by atoms with Crippen molar-refractivity contribution in [2.24, 2.45) is 0 Å². The van der Waals surface area contributed by atoms with Crippen LogP contribution in [-0.4, -0.2) is 28.8 Å². The van der Waals surface area contributed by atoms with Crippen molar-refractivity contribution in [2.45, 2.75) is 25.6 Å². The number of hydrogen-bond acceptors (Lipinski definition) is 3. The number of fused-ring (bicyclic) bond motifs is 2. The number of hydrogen-bond donors (Lipinski definition) is 1. The normalized spacial score (nSPS) is 17.2. The van der Waals surface area contributed by atoms with Gasteiger partial charge in [-0.1, -0.05) is 54.1 Å². The molecule has 1 fully saturated rings. The lowest BCUT2D eigenvalue weighted by Gasteiger charge is -2.28. The number of nitrogens with one attached hydrogen (secondary N) is 1. The molecule has 0 spiro atoms. The summed E-state index contributed by atoms with van der Waals surface area (Å²) in [6.45, 7) is 0.727. The quantitative estimate of drug-likeness (QED) is 0.613. The van der Waals surface area contributed by atoms with Crippen LogP contribution in [0.15, 0.2) is 72.8 Å². The number of urea groups is 1. The summed E-state index contributed by atoms with van der Waals surface area (Å²) in [4.78, 5) is 41.4. The van der Waals surface area contributed by atoms with Gasteiger partial charge in [-0.25, -0.2) is 9.69 Å². The maximum atomic E-state index is 13.0. The molecule has 3 aromatic rings. The number of anilines is 1. The molecular formula is C25H20ClN3O3. The van der Waals surface area contributed by atoms with Gasteiger partial charge in [0.25, 0.3) is 11.8 Å². The van der Waals surface area contributed by atoms with Crippen LogP contribution < -0.4 is 10.2 Å². The van der Waals surface area contributed by atoms with E-state index in [1.54, 1.807) is 35.2 Å². The minimum Gasteiger partial charge on any atom is -0.348 e. The van der Waals surface area contributed by atoms with Crippen LogP contribution in [-0.2, 0) is 24.3 Å². The third-order valence-electron chi connectivity index (χ3n) is 5.98. The van der Waals surface area contributed by atoms with E-state index in [1.165, 1.54) is 4.90 Å². The molecule has 0 radical (unpaired) electrons. The predicted molar refractivity (Wildman–Crippen MR) is 121 cm³/mol. The molecule has 32 heavy (non-hydrogen) atoms. The Morgan fingerprint density at radius 2 is 1.62 bits per heavy atom. The second-order valence-electron chi connectivity index (χ2n) is 7.89. The number of halogens is 1. The van der Waals surface area contributed by atoms with Gasteiger partial charge in [-0.3, -0.25) is 9.59 Å². The number of carbonyl (C=O) groups is 3. The number of carbonyl (C=O) groups excluding carboxylic acids is 3. The van der Waals surface area contributed by atoms with Gasteiger partial charge in [-0.15, -0.1) is 0 Å². The van der Waals surface area contributed by atoms with Gasteiger partial charge in [0.15, 0.2) is 0 Å². The summed E-state index contributed by atoms with van der Waals surface area (Å²) in [6, 6.07) is 20.9. The fourth-order valence-electron chi connectivity index (χ4n) is 4.24. The first kappa shape index (κ1) is 20.3. The minimum atomic E-state index is -0.490. The Bertz CT molecular complexity index is 1180. The van der Waals surface area contributed by atoms with Crippen LogP contribution in [0.5, 0.6) is 0 Å². The van der Waals surface area contributed by atoms with Crippen LogP contribution in [0.25, 0.3) is 0 Å². The molecule has 4 amide bonds. The second-order valence-corrected chi connectivity index (χ2v) is 8.30. The summed E-state index contributed by atoms with van der Waals surface area (Å²) in [7, 11) is 0. The lowest BCUT2D eigenvalue weighted by Crippen LogP contribution is -2.39. The second kappa shape index (κ2) is 8.13. The van der Waals surface area contributed by atoms with Crippen LogP contribution in [0.3, 0.4) is 0 Å². The van der Waals surface area contributed by atoms with Crippen molar-refractivity contribution in [3.05, 3.63) is 100 Å². The summed E-state index contributed by atoms with van der Waals surface area (Å²) in [5.74, 6) is -0.496. The van der Waals surface area contributed by atoms with Crippen molar-refractivity contribution in [2.75, 3.05) is 4.90 Å². The highest BCUT2D eigenvalue weighted by atomic mass is 35.5. The van der Waals surface area contributed by atoms with Gasteiger partial charge in [0, 0.05) is 30.1 Å². The van der Waals surface area contributed by atoms with E-state index in [2.05, 4.69) is 5.32 Å². The maximum Gasteiger partial charge on any atom is 0.332 e.